The number of hydrogen-bond acceptors (Lipinski definition) is 5. The van der Waals surface area contributed by atoms with Crippen LogP contribution in [0.5, 0.6) is 5.75 Å². The molecule has 1 radical (unpaired) electrons. The molecule has 0 aliphatic rings. The Balaban J connectivity index is 2.94. The van der Waals surface area contributed by atoms with E-state index in [1.54, 1.807) is 0 Å². The van der Waals surface area contributed by atoms with E-state index in [2.05, 4.69) is 9.72 Å². The maximum atomic E-state index is 11.6. The van der Waals surface area contributed by atoms with Gasteiger partial charge >= 0.3 is 5.97 Å². The molecule has 0 saturated heterocycles. The minimum absolute atomic E-state index is 0.107. The van der Waals surface area contributed by atoms with Gasteiger partial charge in [-0.25, -0.2) is 9.78 Å². The van der Waals surface area contributed by atoms with Crippen molar-refractivity contribution in [2.45, 2.75) is 0 Å². The molecular weight excluding hydrogens is 293 g/mol. The van der Waals surface area contributed by atoms with E-state index in [1.165, 1.54) is 18.4 Å². The summed E-state index contributed by atoms with van der Waals surface area (Å²) in [4.78, 5) is 26.3. The number of fused-ring (bicyclic) bond motifs is 1. The predicted octanol–water partition coefficient (Wildman–Crippen LogP) is 2.49. The Morgan fingerprint density at radius 2 is 2.11 bits per heavy atom. The standard InChI is InChI=1S/C12H6Cl2NO4/c1-19-12(18)10-8(4-16)15-7-3-5(13)2-6(14)9(7)11(10)17/h2-3H,1H3,(H,15,17). The molecule has 0 spiro atoms. The molecule has 0 fully saturated rings. The van der Waals surface area contributed by atoms with Crippen LogP contribution in [0.4, 0.5) is 0 Å². The summed E-state index contributed by atoms with van der Waals surface area (Å²) in [5.41, 5.74) is -0.564. The molecule has 1 N–H and O–H groups in total. The fourth-order valence-electron chi connectivity index (χ4n) is 1.67. The second-order valence-electron chi connectivity index (χ2n) is 3.56. The Morgan fingerprint density at radius 1 is 1.42 bits per heavy atom. The number of rotatable bonds is 2. The first-order valence-electron chi connectivity index (χ1n) is 4.97. The maximum Gasteiger partial charge on any atom is 0.344 e. The van der Waals surface area contributed by atoms with Crippen LogP contribution in [-0.4, -0.2) is 29.5 Å². The Morgan fingerprint density at radius 3 is 2.68 bits per heavy atom. The molecule has 0 bridgehead atoms. The van der Waals surface area contributed by atoms with Crippen LogP contribution in [0.15, 0.2) is 12.1 Å². The minimum atomic E-state index is -0.906. The average Bonchev–Trinajstić information content (AvgIpc) is 2.36. The van der Waals surface area contributed by atoms with Gasteiger partial charge in [0.15, 0.2) is 0 Å². The normalized spacial score (nSPS) is 10.5. The lowest BCUT2D eigenvalue weighted by molar-refractivity contribution is 0.0597. The Bertz CT molecular complexity index is 700. The van der Waals surface area contributed by atoms with Gasteiger partial charge in [-0.3, -0.25) is 4.79 Å². The van der Waals surface area contributed by atoms with Crippen LogP contribution >= 0.6 is 23.2 Å². The Labute approximate surface area is 117 Å². The van der Waals surface area contributed by atoms with Crippen LogP contribution in [0.25, 0.3) is 10.9 Å². The van der Waals surface area contributed by atoms with Gasteiger partial charge in [-0.05, 0) is 12.1 Å². The number of carbonyl (C=O) groups excluding carboxylic acids is 2. The third kappa shape index (κ3) is 2.22. The molecule has 0 aliphatic heterocycles. The summed E-state index contributed by atoms with van der Waals surface area (Å²) in [6, 6.07) is 2.79. The van der Waals surface area contributed by atoms with Crippen molar-refractivity contribution in [2.75, 3.05) is 7.11 Å². The van der Waals surface area contributed by atoms with Gasteiger partial charge in [0.1, 0.15) is 17.0 Å². The number of methoxy groups -OCH3 is 1. The molecule has 0 aliphatic carbocycles. The van der Waals surface area contributed by atoms with Crippen molar-refractivity contribution in [1.82, 2.24) is 4.98 Å². The zero-order valence-electron chi connectivity index (χ0n) is 9.53. The quantitative estimate of drug-likeness (QED) is 0.862. The van der Waals surface area contributed by atoms with Crippen LogP contribution in [0.1, 0.15) is 16.1 Å². The molecular formula is C12H6Cl2NO4. The summed E-state index contributed by atoms with van der Waals surface area (Å²) >= 11 is 11.8. The van der Waals surface area contributed by atoms with Gasteiger partial charge in [0.25, 0.3) is 6.29 Å². The number of carbonyl (C=O) groups is 1. The van der Waals surface area contributed by atoms with Crippen LogP contribution in [0.2, 0.25) is 10.0 Å². The summed E-state index contributed by atoms with van der Waals surface area (Å²) in [7, 11) is 1.12. The fourth-order valence-corrected chi connectivity index (χ4v) is 2.24. The zero-order valence-corrected chi connectivity index (χ0v) is 11.0. The SMILES string of the molecule is COC(=O)c1c([C]=O)nc2cc(Cl)cc(Cl)c2c1O. The van der Waals surface area contributed by atoms with E-state index in [0.29, 0.717) is 0 Å². The fraction of sp³-hybridized carbons (Fsp3) is 0.0833. The van der Waals surface area contributed by atoms with Gasteiger partial charge < -0.3 is 9.84 Å². The predicted molar refractivity (Wildman–Crippen MR) is 69.6 cm³/mol. The highest BCUT2D eigenvalue weighted by Crippen LogP contribution is 2.36. The topological polar surface area (TPSA) is 76.5 Å². The summed E-state index contributed by atoms with van der Waals surface area (Å²) in [6.45, 7) is 0. The Hall–Kier alpha value is -1.85. The number of hydrogen-bond donors (Lipinski definition) is 1. The summed E-state index contributed by atoms with van der Waals surface area (Å²) in [6.07, 6.45) is 1.47. The van der Waals surface area contributed by atoms with Gasteiger partial charge in [0, 0.05) is 5.02 Å². The van der Waals surface area contributed by atoms with E-state index < -0.39 is 11.7 Å². The third-order valence-corrected chi connectivity index (χ3v) is 2.98. The van der Waals surface area contributed by atoms with Gasteiger partial charge in [-0.1, -0.05) is 23.2 Å². The lowest BCUT2D eigenvalue weighted by atomic mass is 10.1. The highest BCUT2D eigenvalue weighted by molar-refractivity contribution is 6.39. The highest BCUT2D eigenvalue weighted by atomic mass is 35.5. The largest absolute Gasteiger partial charge is 0.506 e. The van der Waals surface area contributed by atoms with Gasteiger partial charge in [-0.15, -0.1) is 0 Å². The summed E-state index contributed by atoms with van der Waals surface area (Å²) in [5.74, 6) is -1.40. The van der Waals surface area contributed by atoms with Crippen molar-refractivity contribution in [1.29, 1.82) is 0 Å². The van der Waals surface area contributed by atoms with E-state index in [1.807, 2.05) is 0 Å². The number of esters is 1. The van der Waals surface area contributed by atoms with Crippen LogP contribution < -0.4 is 0 Å². The molecule has 0 saturated carbocycles. The van der Waals surface area contributed by atoms with Crippen molar-refractivity contribution < 1.29 is 19.4 Å². The zero-order chi connectivity index (χ0) is 14.2. The molecule has 5 nitrogen and oxygen atoms in total. The van der Waals surface area contributed by atoms with E-state index >= 15 is 0 Å². The van der Waals surface area contributed by atoms with Crippen LogP contribution in [-0.2, 0) is 9.53 Å². The van der Waals surface area contributed by atoms with Gasteiger partial charge in [0.2, 0.25) is 0 Å². The molecule has 2 rings (SSSR count). The number of pyridine rings is 1. The van der Waals surface area contributed by atoms with E-state index in [9.17, 15) is 14.7 Å². The first-order valence-corrected chi connectivity index (χ1v) is 5.73. The van der Waals surface area contributed by atoms with Crippen LogP contribution in [0, 0.1) is 0 Å². The lowest BCUT2D eigenvalue weighted by Gasteiger charge is -2.09. The molecule has 1 aromatic carbocycles. The number of ether oxygens (including phenoxy) is 1. The van der Waals surface area contributed by atoms with Crippen molar-refractivity contribution in [3.05, 3.63) is 33.4 Å². The molecule has 19 heavy (non-hydrogen) atoms. The smallest absolute Gasteiger partial charge is 0.344 e. The van der Waals surface area contributed by atoms with E-state index in [0.717, 1.165) is 7.11 Å². The van der Waals surface area contributed by atoms with E-state index in [4.69, 9.17) is 23.2 Å². The first-order chi connectivity index (χ1) is 8.99. The number of halogens is 2. The van der Waals surface area contributed by atoms with E-state index in [-0.39, 0.29) is 32.2 Å². The second-order valence-corrected chi connectivity index (χ2v) is 4.40. The molecule has 1 heterocycles. The van der Waals surface area contributed by atoms with Crippen molar-refractivity contribution in [2.24, 2.45) is 0 Å². The molecule has 97 valence electrons. The minimum Gasteiger partial charge on any atom is -0.506 e. The van der Waals surface area contributed by atoms with Crippen molar-refractivity contribution >= 4 is 46.4 Å². The number of nitrogens with zero attached hydrogens (tertiary/aromatic N) is 1. The maximum absolute atomic E-state index is 11.6. The number of benzene rings is 1. The highest BCUT2D eigenvalue weighted by Gasteiger charge is 2.23. The van der Waals surface area contributed by atoms with Crippen molar-refractivity contribution in [3.63, 3.8) is 0 Å². The molecule has 7 heteroatoms. The lowest BCUT2D eigenvalue weighted by Crippen LogP contribution is -2.08. The number of aromatic nitrogens is 1. The summed E-state index contributed by atoms with van der Waals surface area (Å²) < 4.78 is 4.49. The first kappa shape index (κ1) is 13.6. The number of aromatic hydroxyl groups is 1. The van der Waals surface area contributed by atoms with Crippen molar-refractivity contribution in [3.8, 4) is 5.75 Å². The second kappa shape index (κ2) is 5.03. The van der Waals surface area contributed by atoms with Gasteiger partial charge in [-0.2, -0.15) is 0 Å². The molecule has 2 aromatic rings. The molecule has 0 amide bonds. The third-order valence-electron chi connectivity index (χ3n) is 2.46. The molecule has 0 atom stereocenters. The monoisotopic (exact) mass is 298 g/mol. The van der Waals surface area contributed by atoms with Crippen LogP contribution in [0.3, 0.4) is 0 Å². The van der Waals surface area contributed by atoms with Gasteiger partial charge in [0.05, 0.1) is 23.0 Å². The average molecular weight is 299 g/mol. The Kier molecular flexibility index (Phi) is 3.59. The molecule has 0 unspecified atom stereocenters. The molecule has 1 aromatic heterocycles. The summed E-state index contributed by atoms with van der Waals surface area (Å²) in [5, 5.41) is 10.6.